The van der Waals surface area contributed by atoms with Gasteiger partial charge in [-0.1, -0.05) is 169 Å². The molecule has 0 aliphatic heterocycles. The van der Waals surface area contributed by atoms with Crippen LogP contribution in [0.3, 0.4) is 0 Å². The summed E-state index contributed by atoms with van der Waals surface area (Å²) in [4.78, 5) is 0. The zero-order chi connectivity index (χ0) is 39.6. The Bertz CT molecular complexity index is 3540. The van der Waals surface area contributed by atoms with Gasteiger partial charge in [-0.3, -0.25) is 0 Å². The molecule has 12 rings (SSSR count). The molecule has 0 amide bonds. The number of rotatable bonds is 2. The third kappa shape index (κ3) is 4.52. The van der Waals surface area contributed by atoms with Gasteiger partial charge in [0.05, 0.1) is 0 Å². The van der Waals surface area contributed by atoms with Crippen LogP contribution < -0.4 is 0 Å². The molecule has 11 aromatic rings. The zero-order valence-corrected chi connectivity index (χ0v) is 34.7. The monoisotopic (exact) mass is 742 g/mol. The highest BCUT2D eigenvalue weighted by atomic mass is 14.3. The van der Waals surface area contributed by atoms with E-state index < -0.39 is 0 Å². The molecule has 0 bridgehead atoms. The molecule has 0 nitrogen and oxygen atoms in total. The molecule has 0 saturated carbocycles. The van der Waals surface area contributed by atoms with Crippen LogP contribution in [0.25, 0.3) is 120 Å². The summed E-state index contributed by atoms with van der Waals surface area (Å²) in [5.74, 6) is 0. The van der Waals surface area contributed by atoms with Crippen molar-refractivity contribution in [2.24, 2.45) is 0 Å². The summed E-state index contributed by atoms with van der Waals surface area (Å²) >= 11 is 0. The lowest BCUT2D eigenvalue weighted by molar-refractivity contribution is 0.591. The van der Waals surface area contributed by atoms with Gasteiger partial charge >= 0.3 is 0 Å². The molecule has 0 radical (unpaired) electrons. The molecule has 11 aromatic carbocycles. The summed E-state index contributed by atoms with van der Waals surface area (Å²) in [6, 6.07) is 52.3. The average Bonchev–Trinajstić information content (AvgIpc) is 3.53. The Kier molecular flexibility index (Phi) is 6.56. The van der Waals surface area contributed by atoms with Gasteiger partial charge < -0.3 is 0 Å². The lowest BCUT2D eigenvalue weighted by Crippen LogP contribution is -2.10. The first-order valence-electron chi connectivity index (χ1n) is 21.0. The topological polar surface area (TPSA) is 0 Å². The Hall–Kier alpha value is -6.24. The van der Waals surface area contributed by atoms with Crippen molar-refractivity contribution in [2.75, 3.05) is 0 Å². The van der Waals surface area contributed by atoms with Crippen LogP contribution >= 0.6 is 0 Å². The second-order valence-corrected chi connectivity index (χ2v) is 19.4. The van der Waals surface area contributed by atoms with Crippen molar-refractivity contribution < 1.29 is 0 Å². The molecule has 0 atom stereocenters. The van der Waals surface area contributed by atoms with Gasteiger partial charge in [-0.15, -0.1) is 0 Å². The Balaban J connectivity index is 1.04. The van der Waals surface area contributed by atoms with Crippen molar-refractivity contribution in [2.45, 2.75) is 66.2 Å². The normalized spacial score (nSPS) is 13.2. The van der Waals surface area contributed by atoms with Gasteiger partial charge in [0.25, 0.3) is 0 Å². The first-order valence-corrected chi connectivity index (χ1v) is 21.0. The number of hydrogen-bond acceptors (Lipinski definition) is 0. The highest BCUT2D eigenvalue weighted by molar-refractivity contribution is 6.29. The van der Waals surface area contributed by atoms with Crippen molar-refractivity contribution in [3.63, 3.8) is 0 Å². The van der Waals surface area contributed by atoms with Crippen LogP contribution in [-0.4, -0.2) is 0 Å². The second kappa shape index (κ2) is 11.2. The number of fused-ring (bicyclic) bond motifs is 3. The largest absolute Gasteiger partial charge is 0.0610 e. The number of hydrogen-bond donors (Lipinski definition) is 0. The van der Waals surface area contributed by atoms with Crippen molar-refractivity contribution in [1.82, 2.24) is 0 Å². The fraction of sp³-hybridized carbons (Fsp3) is 0.172. The van der Waals surface area contributed by atoms with E-state index in [0.717, 1.165) is 0 Å². The van der Waals surface area contributed by atoms with Crippen molar-refractivity contribution in [3.8, 4) is 44.5 Å². The molecule has 1 aliphatic carbocycles. The van der Waals surface area contributed by atoms with E-state index in [1.165, 1.54) is 142 Å². The van der Waals surface area contributed by atoms with Crippen LogP contribution in [0.1, 0.15) is 63.8 Å². The molecule has 0 fully saturated rings. The van der Waals surface area contributed by atoms with Crippen molar-refractivity contribution in [1.29, 1.82) is 0 Å². The van der Waals surface area contributed by atoms with Crippen LogP contribution in [-0.2, 0) is 10.8 Å². The molecular formula is C58H46. The maximum atomic E-state index is 2.47. The average molecular weight is 743 g/mol. The van der Waals surface area contributed by atoms with E-state index in [0.29, 0.717) is 0 Å². The maximum absolute atomic E-state index is 2.47. The third-order valence-electron chi connectivity index (χ3n) is 13.8. The van der Waals surface area contributed by atoms with Crippen molar-refractivity contribution >= 4 is 75.4 Å². The van der Waals surface area contributed by atoms with E-state index in [-0.39, 0.29) is 10.8 Å². The summed E-state index contributed by atoms with van der Waals surface area (Å²) in [7, 11) is 0. The standard InChI is InChI=1S/C58H46/c1-31-24-49(47-20-15-36-28-38(57(3,4)5)26-34-13-17-40(31)55(47)52(34)36)33-12-19-42-46-23-22-43(44-10-9-11-45(54(44)46)51(42)30-33)50-25-32(2)41-18-14-35-27-39(58(6,7)8)29-37-16-21-48(50)56(41)53(35)37/h9-30H,1-8H3. The molecule has 0 aromatic heterocycles. The lowest BCUT2D eigenvalue weighted by atomic mass is 9.82. The molecule has 0 heterocycles. The third-order valence-corrected chi connectivity index (χ3v) is 13.8. The molecular weight excluding hydrogens is 697 g/mol. The van der Waals surface area contributed by atoms with Crippen LogP contribution in [0.4, 0.5) is 0 Å². The Morgan fingerprint density at radius 2 is 0.741 bits per heavy atom. The SMILES string of the molecule is Cc1cc(-c2ccc3c(c2)-c2cccc4c(-c5cc(C)c6ccc7cc(C(C)(C)C)cc8ccc5c6c78)ccc-3c24)c2ccc3cc(C(C)(C)C)cc4ccc1c2c43. The predicted octanol–water partition coefficient (Wildman–Crippen LogP) is 16.8. The van der Waals surface area contributed by atoms with Gasteiger partial charge in [0.15, 0.2) is 0 Å². The van der Waals surface area contributed by atoms with Gasteiger partial charge in [0.1, 0.15) is 0 Å². The summed E-state index contributed by atoms with van der Waals surface area (Å²) in [5, 5.41) is 18.9. The van der Waals surface area contributed by atoms with Gasteiger partial charge in [-0.05, 0) is 173 Å². The van der Waals surface area contributed by atoms with Crippen LogP contribution in [0.2, 0.25) is 0 Å². The molecule has 0 N–H and O–H groups in total. The highest BCUT2D eigenvalue weighted by Crippen LogP contribution is 2.52. The Morgan fingerprint density at radius 1 is 0.293 bits per heavy atom. The van der Waals surface area contributed by atoms with Gasteiger partial charge in [0.2, 0.25) is 0 Å². The van der Waals surface area contributed by atoms with Gasteiger partial charge in [-0.2, -0.15) is 0 Å². The quantitative estimate of drug-likeness (QED) is 0.155. The Morgan fingerprint density at radius 3 is 1.29 bits per heavy atom. The fourth-order valence-corrected chi connectivity index (χ4v) is 10.8. The minimum Gasteiger partial charge on any atom is -0.0610 e. The highest BCUT2D eigenvalue weighted by Gasteiger charge is 2.26. The molecule has 58 heavy (non-hydrogen) atoms. The molecule has 0 heteroatoms. The molecule has 1 aliphatic rings. The predicted molar refractivity (Wildman–Crippen MR) is 254 cm³/mol. The number of aryl methyl sites for hydroxylation is 2. The van der Waals surface area contributed by atoms with E-state index in [9.17, 15) is 0 Å². The van der Waals surface area contributed by atoms with Crippen LogP contribution in [0, 0.1) is 13.8 Å². The molecule has 278 valence electrons. The first kappa shape index (κ1) is 33.9. The van der Waals surface area contributed by atoms with E-state index in [2.05, 4.69) is 189 Å². The molecule has 0 unspecified atom stereocenters. The second-order valence-electron chi connectivity index (χ2n) is 19.4. The van der Waals surface area contributed by atoms with E-state index in [4.69, 9.17) is 0 Å². The van der Waals surface area contributed by atoms with Gasteiger partial charge in [-0.25, -0.2) is 0 Å². The van der Waals surface area contributed by atoms with Crippen molar-refractivity contribution in [3.05, 3.63) is 156 Å². The Labute approximate surface area is 340 Å². The van der Waals surface area contributed by atoms with E-state index in [1.807, 2.05) is 0 Å². The maximum Gasteiger partial charge on any atom is -0.00179 e. The fourth-order valence-electron chi connectivity index (χ4n) is 10.8. The first-order chi connectivity index (χ1) is 27.8. The summed E-state index contributed by atoms with van der Waals surface area (Å²) in [6.45, 7) is 18.4. The number of benzene rings is 11. The van der Waals surface area contributed by atoms with Crippen LogP contribution in [0.5, 0.6) is 0 Å². The zero-order valence-electron chi connectivity index (χ0n) is 34.7. The lowest BCUT2D eigenvalue weighted by Gasteiger charge is -2.22. The van der Waals surface area contributed by atoms with E-state index >= 15 is 0 Å². The van der Waals surface area contributed by atoms with Gasteiger partial charge in [0, 0.05) is 0 Å². The summed E-state index contributed by atoms with van der Waals surface area (Å²) < 4.78 is 0. The smallest absolute Gasteiger partial charge is 0.00179 e. The van der Waals surface area contributed by atoms with Crippen LogP contribution in [0.15, 0.2) is 133 Å². The summed E-state index contributed by atoms with van der Waals surface area (Å²) in [6.07, 6.45) is 0. The molecule has 0 saturated heterocycles. The molecule has 0 spiro atoms. The minimum absolute atomic E-state index is 0.0894. The van der Waals surface area contributed by atoms with E-state index in [1.54, 1.807) is 0 Å². The minimum atomic E-state index is 0.0894. The summed E-state index contributed by atoms with van der Waals surface area (Å²) in [5.41, 5.74) is 16.1.